The zero-order chi connectivity index (χ0) is 66.2. The lowest BCUT2D eigenvalue weighted by molar-refractivity contribution is -0.142. The average Bonchev–Trinajstić information content (AvgIpc) is 0.992. The lowest BCUT2D eigenvalue weighted by Gasteiger charge is -2.40. The number of benzene rings is 1. The van der Waals surface area contributed by atoms with E-state index in [9.17, 15) is 78.9 Å². The van der Waals surface area contributed by atoms with E-state index in [-0.39, 0.29) is 103 Å². The zero-order valence-electron chi connectivity index (χ0n) is 52.2. The highest BCUT2D eigenvalue weighted by molar-refractivity contribution is 5.86. The Balaban J connectivity index is 1.32. The third kappa shape index (κ3) is 28.6. The van der Waals surface area contributed by atoms with E-state index in [4.69, 9.17) is 20.1 Å². The van der Waals surface area contributed by atoms with Crippen LogP contribution in [-0.2, 0) is 44.8 Å². The van der Waals surface area contributed by atoms with E-state index in [1.54, 1.807) is 19.6 Å². The van der Waals surface area contributed by atoms with Crippen molar-refractivity contribution >= 4 is 77.3 Å². The molecular weight excluding hydrogens is 1190 g/mol. The van der Waals surface area contributed by atoms with Gasteiger partial charge in [-0.25, -0.2) is 14.4 Å². The molecule has 0 bridgehead atoms. The van der Waals surface area contributed by atoms with Crippen LogP contribution in [0.25, 0.3) is 0 Å². The van der Waals surface area contributed by atoms with E-state index >= 15 is 0 Å². The molecule has 1 aromatic carbocycles. The fraction of sp³-hybridized carbons (Fsp3) is 0.695. The summed E-state index contributed by atoms with van der Waals surface area (Å²) in [6.45, 7) is 6.44. The number of aliphatic carboxylic acids is 8. The van der Waals surface area contributed by atoms with E-state index in [0.29, 0.717) is 89.3 Å². The van der Waals surface area contributed by atoms with E-state index < -0.39 is 84.9 Å². The number of aromatic nitrogens is 3. The van der Waals surface area contributed by atoms with Gasteiger partial charge in [0.15, 0.2) is 0 Å². The maximum Gasteiger partial charge on any atom is 0.326 e. The van der Waals surface area contributed by atoms with Crippen molar-refractivity contribution in [2.75, 3.05) is 153 Å². The van der Waals surface area contributed by atoms with Crippen molar-refractivity contribution in [3.05, 3.63) is 29.8 Å². The van der Waals surface area contributed by atoms with Crippen molar-refractivity contribution in [3.63, 3.8) is 0 Å². The molecule has 3 saturated heterocycles. The number of nitrogens with one attached hydrogen (secondary N) is 4. The van der Waals surface area contributed by atoms with Gasteiger partial charge in [0.1, 0.15) is 12.1 Å². The van der Waals surface area contributed by atoms with Crippen LogP contribution in [0.4, 0.5) is 28.3 Å². The molecule has 0 spiro atoms. The number of rotatable bonds is 39. The normalized spacial score (nSPS) is 18.2. The number of piperazine rings is 2. The first kappa shape index (κ1) is 74.1. The maximum absolute atomic E-state index is 12.6. The van der Waals surface area contributed by atoms with Crippen LogP contribution in [0.1, 0.15) is 102 Å². The third-order valence-electron chi connectivity index (χ3n) is 16.4. The monoisotopic (exact) mass is 1290 g/mol. The first-order valence-electron chi connectivity index (χ1n) is 31.6. The number of hydrogen-bond acceptors (Lipinski definition) is 22. The maximum atomic E-state index is 12.6. The summed E-state index contributed by atoms with van der Waals surface area (Å²) in [5.74, 6) is -8.25. The topological polar surface area (TPSA) is 428 Å². The van der Waals surface area contributed by atoms with E-state index in [2.05, 4.69) is 38.0 Å². The van der Waals surface area contributed by atoms with Gasteiger partial charge in [-0.1, -0.05) is 70.4 Å². The fourth-order valence-electron chi connectivity index (χ4n) is 11.5. The van der Waals surface area contributed by atoms with Crippen LogP contribution in [0.3, 0.4) is 0 Å². The first-order valence-corrected chi connectivity index (χ1v) is 31.6. The van der Waals surface area contributed by atoms with Gasteiger partial charge in [-0.05, 0) is 62.8 Å². The van der Waals surface area contributed by atoms with Gasteiger partial charge in [0.2, 0.25) is 17.8 Å². The fourth-order valence-corrected chi connectivity index (χ4v) is 11.5. The molecule has 0 radical (unpaired) electrons. The molecule has 3 aliphatic rings. The number of anilines is 4. The summed E-state index contributed by atoms with van der Waals surface area (Å²) in [6.07, 6.45) is 10.5. The van der Waals surface area contributed by atoms with E-state index in [1.807, 2.05) is 34.1 Å². The van der Waals surface area contributed by atoms with Gasteiger partial charge in [-0.2, -0.15) is 15.0 Å². The molecule has 5 rings (SSSR count). The number of amides is 2. The molecule has 4 heterocycles. The largest absolute Gasteiger partial charge is 0.481 e. The number of hydrogen-bond donors (Lipinski definition) is 12. The van der Waals surface area contributed by atoms with Crippen LogP contribution < -0.4 is 31.1 Å². The Labute approximate surface area is 529 Å². The molecule has 3 aliphatic heterocycles. The highest BCUT2D eigenvalue weighted by Crippen LogP contribution is 2.25. The minimum atomic E-state index is -1.51. The molecule has 2 unspecified atom stereocenters. The van der Waals surface area contributed by atoms with Crippen LogP contribution in [0, 0.1) is 0 Å². The lowest BCUT2D eigenvalue weighted by atomic mass is 10.0. The van der Waals surface area contributed by atoms with Crippen molar-refractivity contribution in [2.45, 2.75) is 128 Å². The molecule has 32 nitrogen and oxygen atoms in total. The van der Waals surface area contributed by atoms with Gasteiger partial charge < -0.3 is 71.9 Å². The van der Waals surface area contributed by atoms with Gasteiger partial charge in [-0.15, -0.1) is 0 Å². The second-order valence-corrected chi connectivity index (χ2v) is 23.5. The van der Waals surface area contributed by atoms with Crippen molar-refractivity contribution in [3.8, 4) is 0 Å². The van der Waals surface area contributed by atoms with Crippen molar-refractivity contribution < 1.29 is 84.0 Å². The third-order valence-corrected chi connectivity index (χ3v) is 16.4. The average molecular weight is 1290 g/mol. The van der Waals surface area contributed by atoms with Crippen LogP contribution in [0.5, 0.6) is 0 Å². The summed E-state index contributed by atoms with van der Waals surface area (Å²) in [4.78, 5) is 137. The van der Waals surface area contributed by atoms with Crippen molar-refractivity contribution in [1.29, 1.82) is 0 Å². The number of carbonyl (C=O) groups excluding carboxylic acids is 1. The summed E-state index contributed by atoms with van der Waals surface area (Å²) < 4.78 is 0. The van der Waals surface area contributed by atoms with Gasteiger partial charge in [-0.3, -0.25) is 58.2 Å². The Morgan fingerprint density at radius 3 is 1.44 bits per heavy atom. The summed E-state index contributed by atoms with van der Waals surface area (Å²) >= 11 is 0. The molecule has 12 N–H and O–H groups in total. The molecule has 2 amide bonds. The van der Waals surface area contributed by atoms with Crippen LogP contribution in [0.15, 0.2) is 24.3 Å². The summed E-state index contributed by atoms with van der Waals surface area (Å²) in [7, 11) is 0. The Bertz CT molecular complexity index is 2650. The molecule has 4 atom stereocenters. The molecule has 508 valence electrons. The molecule has 1 aromatic heterocycles. The predicted molar refractivity (Wildman–Crippen MR) is 333 cm³/mol. The smallest absolute Gasteiger partial charge is 0.326 e. The second kappa shape index (κ2) is 39.6. The van der Waals surface area contributed by atoms with Crippen LogP contribution in [-0.4, -0.2) is 301 Å². The number of nitrogens with zero attached hydrogens (tertiary/aromatic N) is 11. The summed E-state index contributed by atoms with van der Waals surface area (Å²) in [6, 6.07) is 2.92. The number of carbonyl (C=O) groups is 9. The number of carboxylic acid groups (broad SMARTS) is 8. The van der Waals surface area contributed by atoms with Gasteiger partial charge >= 0.3 is 53.8 Å². The summed E-state index contributed by atoms with van der Waals surface area (Å²) in [5.41, 5.74) is 1.38. The summed E-state index contributed by atoms with van der Waals surface area (Å²) in [5, 5.41) is 88.7. The standard InChI is InChI=1S/C59H95N15O17/c1-2-3-4-5-6-7-8-9-13-47(60-20-11-10-12-45(54(87)88)62-59(91)63-46(55(89)90)18-19-48(75)76)71-31-33-73(34-32-71)58-65-56(64-57(66-58)72-28-25-69(26-29-72)39-51(81)82)61-43-16-14-42(15-17-43)35-44-36-70(40-52(83)84)24-23-67(37-49(77)78)21-22-68(38-50(79)80)27-30-74(44)41-53(85)86/h14-17,44-47,60H,2-13,18-41H2,1H3,(H,75,76)(H,77,78)(H,79,80)(H,81,82)(H,83,84)(H,85,86)(H,87,88)(H,89,90)(H2,62,63,91)(H,61,64,65,66)/t44?,45-,46-,47?/m0/s1. The number of urea groups is 1. The molecule has 2 aromatic rings. The lowest BCUT2D eigenvalue weighted by Crippen LogP contribution is -2.55. The number of unbranched alkanes of at least 4 members (excludes halogenated alkanes) is 8. The molecule has 0 saturated carbocycles. The van der Waals surface area contributed by atoms with Gasteiger partial charge in [0.25, 0.3) is 0 Å². The highest BCUT2D eigenvalue weighted by Gasteiger charge is 2.31. The molecule has 32 heteroatoms. The number of carboxylic acids is 8. The molecule has 0 aliphatic carbocycles. The Kier molecular flexibility index (Phi) is 32.2. The van der Waals surface area contributed by atoms with Gasteiger partial charge in [0, 0.05) is 116 Å². The highest BCUT2D eigenvalue weighted by atomic mass is 16.4. The SMILES string of the molecule is CCCCCCCCCCC(NCCCC[C@H](NC(=O)N[C@@H](CCC(=O)O)C(=O)O)C(=O)O)N1CCN(c2nc(Nc3ccc(CC4CN(CC(=O)O)CCN(CC(=O)O)CCN(CC(=O)O)CCN4CC(=O)O)cc3)nc(N3CCN(CC(=O)O)CC3)n2)CC1. The minimum Gasteiger partial charge on any atom is -0.481 e. The van der Waals surface area contributed by atoms with E-state index in [1.165, 1.54) is 32.1 Å². The Morgan fingerprint density at radius 1 is 0.484 bits per heavy atom. The van der Waals surface area contributed by atoms with Crippen LogP contribution in [0.2, 0.25) is 0 Å². The second-order valence-electron chi connectivity index (χ2n) is 23.5. The van der Waals surface area contributed by atoms with Crippen molar-refractivity contribution in [1.82, 2.24) is 60.3 Å². The molecular formula is C59H95N15O17. The first-order chi connectivity index (χ1) is 43.5. The molecule has 3 fully saturated rings. The quantitative estimate of drug-likeness (QED) is 0.0417. The Hall–Kier alpha value is -7.62. The minimum absolute atomic E-state index is 0.0128. The Morgan fingerprint density at radius 2 is 0.934 bits per heavy atom. The predicted octanol–water partition coefficient (Wildman–Crippen LogP) is 1.10. The van der Waals surface area contributed by atoms with Crippen molar-refractivity contribution in [2.24, 2.45) is 0 Å². The zero-order valence-corrected chi connectivity index (χ0v) is 52.2. The molecule has 91 heavy (non-hydrogen) atoms. The van der Waals surface area contributed by atoms with Crippen LogP contribution >= 0.6 is 0 Å². The van der Waals surface area contributed by atoms with Gasteiger partial charge in [0.05, 0.1) is 38.9 Å². The van der Waals surface area contributed by atoms with E-state index in [0.717, 1.165) is 31.2 Å².